The van der Waals surface area contributed by atoms with Crippen molar-refractivity contribution < 1.29 is 13.2 Å². The maximum atomic E-state index is 12.2. The van der Waals surface area contributed by atoms with Crippen molar-refractivity contribution >= 4 is 37.5 Å². The topological polar surface area (TPSA) is 94.2 Å². The molecule has 0 spiro atoms. The second-order valence-electron chi connectivity index (χ2n) is 4.36. The lowest BCUT2D eigenvalue weighted by Crippen LogP contribution is -2.17. The second kappa shape index (κ2) is 6.00. The number of carbonyl (C=O) groups excluding carboxylic acids is 1. The van der Waals surface area contributed by atoms with Gasteiger partial charge >= 0.3 is 0 Å². The summed E-state index contributed by atoms with van der Waals surface area (Å²) in [5, 5.41) is 7.72. The van der Waals surface area contributed by atoms with Crippen molar-refractivity contribution in [1.82, 2.24) is 4.57 Å². The predicted octanol–water partition coefficient (Wildman–Crippen LogP) is 2.17. The fourth-order valence-electron chi connectivity index (χ4n) is 1.87. The van der Waals surface area contributed by atoms with Crippen molar-refractivity contribution in [3.8, 4) is 0 Å². The van der Waals surface area contributed by atoms with Gasteiger partial charge in [0, 0.05) is 22.9 Å². The van der Waals surface area contributed by atoms with Gasteiger partial charge in [0.25, 0.3) is 5.91 Å². The number of amides is 1. The molecule has 0 aliphatic carbocycles. The van der Waals surface area contributed by atoms with Gasteiger partial charge in [-0.15, -0.1) is 0 Å². The van der Waals surface area contributed by atoms with Crippen LogP contribution in [-0.2, 0) is 16.6 Å². The van der Waals surface area contributed by atoms with Crippen molar-refractivity contribution in [2.24, 2.45) is 5.14 Å². The van der Waals surface area contributed by atoms with Crippen LogP contribution in [0.1, 0.15) is 17.4 Å². The molecule has 2 rings (SSSR count). The lowest BCUT2D eigenvalue weighted by molar-refractivity contribution is 0.101. The molecular formula is C13H14BrN3O3S. The highest BCUT2D eigenvalue weighted by Crippen LogP contribution is 2.18. The van der Waals surface area contributed by atoms with Crippen molar-refractivity contribution in [2.75, 3.05) is 5.32 Å². The number of hydrogen-bond acceptors (Lipinski definition) is 3. The molecule has 0 aliphatic heterocycles. The first-order valence-corrected chi connectivity index (χ1v) is 8.45. The predicted molar refractivity (Wildman–Crippen MR) is 83.6 cm³/mol. The van der Waals surface area contributed by atoms with E-state index in [0.29, 0.717) is 17.9 Å². The van der Waals surface area contributed by atoms with E-state index in [-0.39, 0.29) is 10.8 Å². The molecule has 1 amide bonds. The first-order valence-electron chi connectivity index (χ1n) is 6.11. The van der Waals surface area contributed by atoms with Crippen LogP contribution in [0.15, 0.2) is 45.9 Å². The number of nitrogens with zero attached hydrogens (tertiary/aromatic N) is 1. The van der Waals surface area contributed by atoms with E-state index in [0.717, 1.165) is 4.47 Å². The number of sulfonamides is 1. The van der Waals surface area contributed by atoms with Crippen molar-refractivity contribution in [2.45, 2.75) is 18.4 Å². The van der Waals surface area contributed by atoms with E-state index >= 15 is 0 Å². The molecule has 0 aliphatic rings. The minimum Gasteiger partial charge on any atom is -0.343 e. The summed E-state index contributed by atoms with van der Waals surface area (Å²) >= 11 is 3.32. The molecular weight excluding hydrogens is 358 g/mol. The van der Waals surface area contributed by atoms with Gasteiger partial charge in [0.2, 0.25) is 10.0 Å². The molecule has 0 saturated heterocycles. The molecule has 0 fully saturated rings. The Bertz CT molecular complexity index is 784. The Morgan fingerprint density at radius 3 is 2.71 bits per heavy atom. The molecule has 21 heavy (non-hydrogen) atoms. The molecule has 1 heterocycles. The van der Waals surface area contributed by atoms with Gasteiger partial charge in [-0.1, -0.05) is 6.07 Å². The van der Waals surface area contributed by atoms with E-state index in [9.17, 15) is 13.2 Å². The Hall–Kier alpha value is -1.64. The standard InChI is InChI=1S/C13H14BrN3O3S/c1-2-17-8-9(14)6-12(17)13(18)16-10-4-3-5-11(7-10)21(15,19)20/h3-8H,2H2,1H3,(H,16,18)(H2,15,19,20). The lowest BCUT2D eigenvalue weighted by Gasteiger charge is -2.08. The van der Waals surface area contributed by atoms with E-state index in [4.69, 9.17) is 5.14 Å². The molecule has 3 N–H and O–H groups in total. The monoisotopic (exact) mass is 371 g/mol. The summed E-state index contributed by atoms with van der Waals surface area (Å²) in [7, 11) is -3.80. The lowest BCUT2D eigenvalue weighted by atomic mass is 10.3. The summed E-state index contributed by atoms with van der Waals surface area (Å²) in [6, 6.07) is 7.51. The minimum absolute atomic E-state index is 0.0487. The quantitative estimate of drug-likeness (QED) is 0.861. The van der Waals surface area contributed by atoms with Crippen molar-refractivity contribution in [3.63, 3.8) is 0 Å². The highest BCUT2D eigenvalue weighted by atomic mass is 79.9. The van der Waals surface area contributed by atoms with Gasteiger partial charge in [-0.25, -0.2) is 13.6 Å². The molecule has 6 nitrogen and oxygen atoms in total. The molecule has 0 bridgehead atoms. The van der Waals surface area contributed by atoms with Crippen LogP contribution in [0.5, 0.6) is 0 Å². The van der Waals surface area contributed by atoms with Gasteiger partial charge in [0.05, 0.1) is 4.90 Å². The first kappa shape index (κ1) is 15.7. The SMILES string of the molecule is CCn1cc(Br)cc1C(=O)Nc1cccc(S(N)(=O)=O)c1. The maximum Gasteiger partial charge on any atom is 0.272 e. The van der Waals surface area contributed by atoms with Gasteiger partial charge in [-0.05, 0) is 47.1 Å². The number of carbonyl (C=O) groups is 1. The van der Waals surface area contributed by atoms with Crippen LogP contribution in [0.4, 0.5) is 5.69 Å². The van der Waals surface area contributed by atoms with E-state index in [1.54, 1.807) is 22.9 Å². The normalized spacial score (nSPS) is 11.4. The fraction of sp³-hybridized carbons (Fsp3) is 0.154. The summed E-state index contributed by atoms with van der Waals surface area (Å²) in [6.07, 6.45) is 1.80. The summed E-state index contributed by atoms with van der Waals surface area (Å²) in [5.41, 5.74) is 0.844. The molecule has 0 radical (unpaired) electrons. The zero-order chi connectivity index (χ0) is 15.6. The highest BCUT2D eigenvalue weighted by Gasteiger charge is 2.14. The van der Waals surface area contributed by atoms with Gasteiger partial charge in [0.15, 0.2) is 0 Å². The zero-order valence-corrected chi connectivity index (χ0v) is 13.6. The smallest absolute Gasteiger partial charge is 0.272 e. The minimum atomic E-state index is -3.80. The number of halogens is 1. The van der Waals surface area contributed by atoms with E-state index in [1.807, 2.05) is 6.92 Å². The Labute approximate surface area is 131 Å². The van der Waals surface area contributed by atoms with E-state index < -0.39 is 10.0 Å². The van der Waals surface area contributed by atoms with Gasteiger partial charge in [-0.2, -0.15) is 0 Å². The van der Waals surface area contributed by atoms with Crippen molar-refractivity contribution in [3.05, 3.63) is 46.7 Å². The van der Waals surface area contributed by atoms with Crippen LogP contribution < -0.4 is 10.5 Å². The van der Waals surface area contributed by atoms with E-state index in [1.165, 1.54) is 18.2 Å². The van der Waals surface area contributed by atoms with Crippen LogP contribution in [0.25, 0.3) is 0 Å². The summed E-state index contributed by atoms with van der Waals surface area (Å²) in [5.74, 6) is -0.325. The molecule has 8 heteroatoms. The Morgan fingerprint density at radius 1 is 1.38 bits per heavy atom. The number of hydrogen-bond donors (Lipinski definition) is 2. The zero-order valence-electron chi connectivity index (χ0n) is 11.2. The van der Waals surface area contributed by atoms with Crippen LogP contribution in [0.2, 0.25) is 0 Å². The van der Waals surface area contributed by atoms with Gasteiger partial charge < -0.3 is 9.88 Å². The summed E-state index contributed by atoms with van der Waals surface area (Å²) < 4.78 is 25.2. The van der Waals surface area contributed by atoms with Gasteiger partial charge in [-0.3, -0.25) is 4.79 Å². The first-order chi connectivity index (χ1) is 9.81. The summed E-state index contributed by atoms with van der Waals surface area (Å²) in [4.78, 5) is 12.2. The molecule has 1 aromatic carbocycles. The Morgan fingerprint density at radius 2 is 2.10 bits per heavy atom. The number of nitrogens with two attached hydrogens (primary N) is 1. The van der Waals surface area contributed by atoms with Crippen LogP contribution in [0.3, 0.4) is 0 Å². The molecule has 112 valence electrons. The third kappa shape index (κ3) is 3.72. The number of aromatic nitrogens is 1. The highest BCUT2D eigenvalue weighted by molar-refractivity contribution is 9.10. The average molecular weight is 372 g/mol. The second-order valence-corrected chi connectivity index (χ2v) is 6.83. The number of rotatable bonds is 4. The average Bonchev–Trinajstić information content (AvgIpc) is 2.79. The Balaban J connectivity index is 2.28. The van der Waals surface area contributed by atoms with Crippen LogP contribution >= 0.6 is 15.9 Å². The Kier molecular flexibility index (Phi) is 4.50. The maximum absolute atomic E-state index is 12.2. The number of anilines is 1. The van der Waals surface area contributed by atoms with Crippen molar-refractivity contribution in [1.29, 1.82) is 0 Å². The molecule has 0 atom stereocenters. The number of primary sulfonamides is 1. The largest absolute Gasteiger partial charge is 0.343 e. The molecule has 0 saturated carbocycles. The van der Waals surface area contributed by atoms with Gasteiger partial charge in [0.1, 0.15) is 5.69 Å². The fourth-order valence-corrected chi connectivity index (χ4v) is 2.90. The third-order valence-electron chi connectivity index (χ3n) is 2.86. The summed E-state index contributed by atoms with van der Waals surface area (Å²) in [6.45, 7) is 2.57. The van der Waals surface area contributed by atoms with Crippen LogP contribution in [-0.4, -0.2) is 18.9 Å². The van der Waals surface area contributed by atoms with Crippen LogP contribution in [0, 0.1) is 0 Å². The number of benzene rings is 1. The number of nitrogens with one attached hydrogen (secondary N) is 1. The van der Waals surface area contributed by atoms with E-state index in [2.05, 4.69) is 21.2 Å². The molecule has 1 aromatic heterocycles. The number of aryl methyl sites for hydroxylation is 1. The molecule has 0 unspecified atom stereocenters. The third-order valence-corrected chi connectivity index (χ3v) is 4.20. The molecule has 2 aromatic rings.